The van der Waals surface area contributed by atoms with Gasteiger partial charge in [-0.05, 0) is 27.9 Å². The van der Waals surface area contributed by atoms with Gasteiger partial charge in [0, 0.05) is 13.7 Å². The van der Waals surface area contributed by atoms with Gasteiger partial charge in [-0.2, -0.15) is 0 Å². The van der Waals surface area contributed by atoms with Crippen LogP contribution in [-0.4, -0.2) is 44.9 Å². The summed E-state index contributed by atoms with van der Waals surface area (Å²) in [4.78, 5) is 15.2. The quantitative estimate of drug-likeness (QED) is 0.435. The minimum Gasteiger partial charge on any atom is -0.406 e. The maximum Gasteiger partial charge on any atom is 0.261 e. The molecule has 1 saturated heterocycles. The van der Waals surface area contributed by atoms with E-state index >= 15 is 0 Å². The maximum atomic E-state index is 13.4. The molecule has 0 spiro atoms. The van der Waals surface area contributed by atoms with Gasteiger partial charge in [0.05, 0.1) is 24.7 Å². The van der Waals surface area contributed by atoms with Gasteiger partial charge in [0.1, 0.15) is 0 Å². The molecule has 4 nitrogen and oxygen atoms in total. The average molecular weight is 488 g/mol. The molecule has 35 heavy (non-hydrogen) atoms. The molecule has 0 aromatic heterocycles. The lowest BCUT2D eigenvalue weighted by Gasteiger charge is -2.43. The molecule has 0 aliphatic carbocycles. The van der Waals surface area contributed by atoms with Crippen LogP contribution in [0.5, 0.6) is 0 Å². The van der Waals surface area contributed by atoms with Crippen LogP contribution in [0.15, 0.2) is 91.0 Å². The molecule has 0 N–H and O–H groups in total. The van der Waals surface area contributed by atoms with Crippen LogP contribution in [0.3, 0.4) is 0 Å². The molecule has 3 aromatic carbocycles. The summed E-state index contributed by atoms with van der Waals surface area (Å²) in [6.45, 7) is 9.65. The average Bonchev–Trinajstić information content (AvgIpc) is 3.07. The Morgan fingerprint density at radius 3 is 1.80 bits per heavy atom. The summed E-state index contributed by atoms with van der Waals surface area (Å²) in [5, 5.41) is 2.29. The van der Waals surface area contributed by atoms with Crippen LogP contribution >= 0.6 is 0 Å². The second-order valence-corrected chi connectivity index (χ2v) is 14.8. The Balaban J connectivity index is 1.67. The lowest BCUT2D eigenvalue weighted by molar-refractivity contribution is -0.132. The Bertz CT molecular complexity index is 1060. The lowest BCUT2D eigenvalue weighted by Crippen LogP contribution is -2.67. The van der Waals surface area contributed by atoms with E-state index in [9.17, 15) is 4.79 Å². The summed E-state index contributed by atoms with van der Waals surface area (Å²) in [7, 11) is -0.863. The number of hydrogen-bond donors (Lipinski definition) is 0. The highest BCUT2D eigenvalue weighted by Gasteiger charge is 2.52. The number of amides is 1. The number of ether oxygens (including phenoxy) is 1. The zero-order valence-corrected chi connectivity index (χ0v) is 22.5. The number of hydrogen-bond acceptors (Lipinski definition) is 3. The molecule has 1 amide bonds. The standard InChI is InChI=1S/C30H37NO3Si/c1-23-28(33-21-24-15-9-6-10-16-24)27(29(32)31(23)5)22-34-35(30(2,3)4,25-17-11-7-12-18-25)26-19-13-8-14-20-26/h6-20,23,27-28H,21-22H2,1-5H3/t23-,27+,28-/m1/s1. The highest BCUT2D eigenvalue weighted by atomic mass is 28.4. The molecule has 3 atom stereocenters. The monoisotopic (exact) mass is 487 g/mol. The molecule has 1 heterocycles. The minimum atomic E-state index is -2.73. The summed E-state index contributed by atoms with van der Waals surface area (Å²) in [6.07, 6.45) is -0.231. The summed E-state index contributed by atoms with van der Waals surface area (Å²) >= 11 is 0. The van der Waals surface area contributed by atoms with Gasteiger partial charge >= 0.3 is 0 Å². The first-order valence-corrected chi connectivity index (χ1v) is 14.3. The van der Waals surface area contributed by atoms with Crippen molar-refractivity contribution < 1.29 is 14.0 Å². The van der Waals surface area contributed by atoms with Gasteiger partial charge in [0.2, 0.25) is 5.91 Å². The Labute approximate surface area is 211 Å². The summed E-state index contributed by atoms with van der Waals surface area (Å²) in [6, 6.07) is 31.2. The molecule has 0 radical (unpaired) electrons. The van der Waals surface area contributed by atoms with E-state index in [0.717, 1.165) is 5.56 Å². The highest BCUT2D eigenvalue weighted by molar-refractivity contribution is 6.99. The van der Waals surface area contributed by atoms with E-state index in [-0.39, 0.29) is 29.0 Å². The first-order valence-electron chi connectivity index (χ1n) is 12.4. The van der Waals surface area contributed by atoms with Crippen molar-refractivity contribution in [3.63, 3.8) is 0 Å². The number of likely N-dealkylation sites (N-methyl/N-ethyl adjacent to an activating group) is 1. The van der Waals surface area contributed by atoms with Crippen LogP contribution in [-0.2, 0) is 20.6 Å². The fraction of sp³-hybridized carbons (Fsp3) is 0.367. The zero-order valence-electron chi connectivity index (χ0n) is 21.5. The number of rotatable bonds is 8. The smallest absolute Gasteiger partial charge is 0.261 e. The topological polar surface area (TPSA) is 38.8 Å². The van der Waals surface area contributed by atoms with Crippen molar-refractivity contribution in [1.82, 2.24) is 4.90 Å². The molecule has 5 heteroatoms. The molecule has 1 aliphatic heterocycles. The van der Waals surface area contributed by atoms with E-state index in [0.29, 0.717) is 13.2 Å². The molecule has 0 unspecified atom stereocenters. The number of carbonyl (C=O) groups excluding carboxylic acids is 1. The number of likely N-dealkylation sites (tertiary alicyclic amines) is 1. The van der Waals surface area contributed by atoms with Crippen molar-refractivity contribution in [1.29, 1.82) is 0 Å². The molecule has 1 aliphatic rings. The summed E-state index contributed by atoms with van der Waals surface area (Å²) in [5.74, 6) is -0.256. The molecular formula is C30H37NO3Si. The zero-order chi connectivity index (χ0) is 25.1. The van der Waals surface area contributed by atoms with Crippen molar-refractivity contribution in [3.8, 4) is 0 Å². The van der Waals surface area contributed by atoms with Gasteiger partial charge in [0.15, 0.2) is 0 Å². The molecule has 0 bridgehead atoms. The highest BCUT2D eigenvalue weighted by Crippen LogP contribution is 2.38. The van der Waals surface area contributed by atoms with Crippen LogP contribution < -0.4 is 10.4 Å². The van der Waals surface area contributed by atoms with Gasteiger partial charge in [-0.3, -0.25) is 4.79 Å². The van der Waals surface area contributed by atoms with Crippen molar-refractivity contribution in [3.05, 3.63) is 96.6 Å². The number of carbonyl (C=O) groups is 1. The second kappa shape index (κ2) is 10.5. The van der Waals surface area contributed by atoms with Crippen LogP contribution in [0.2, 0.25) is 5.04 Å². The third kappa shape index (κ3) is 4.99. The van der Waals surface area contributed by atoms with Gasteiger partial charge in [0.25, 0.3) is 8.32 Å². The molecule has 1 fully saturated rings. The molecule has 4 rings (SSSR count). The Morgan fingerprint density at radius 1 is 0.829 bits per heavy atom. The van der Waals surface area contributed by atoms with Crippen molar-refractivity contribution in [2.24, 2.45) is 5.92 Å². The Morgan fingerprint density at radius 2 is 1.31 bits per heavy atom. The van der Waals surface area contributed by atoms with E-state index in [1.165, 1.54) is 10.4 Å². The molecular weight excluding hydrogens is 450 g/mol. The van der Waals surface area contributed by atoms with E-state index in [2.05, 4.69) is 88.4 Å². The molecule has 3 aromatic rings. The van der Waals surface area contributed by atoms with E-state index in [1.807, 2.05) is 42.3 Å². The number of benzene rings is 3. The van der Waals surface area contributed by atoms with E-state index in [4.69, 9.17) is 9.16 Å². The van der Waals surface area contributed by atoms with Crippen LogP contribution in [0, 0.1) is 5.92 Å². The van der Waals surface area contributed by atoms with Crippen LogP contribution in [0.1, 0.15) is 33.3 Å². The summed E-state index contributed by atoms with van der Waals surface area (Å²) in [5.41, 5.74) is 1.10. The molecule has 0 saturated carbocycles. The van der Waals surface area contributed by atoms with Crippen LogP contribution in [0.4, 0.5) is 0 Å². The minimum absolute atomic E-state index is 0.0148. The van der Waals surface area contributed by atoms with Gasteiger partial charge in [-0.25, -0.2) is 0 Å². The third-order valence-corrected chi connectivity index (χ3v) is 12.3. The van der Waals surface area contributed by atoms with Gasteiger partial charge in [-0.1, -0.05) is 112 Å². The predicted octanol–water partition coefficient (Wildman–Crippen LogP) is 4.63. The number of nitrogens with zero attached hydrogens (tertiary/aromatic N) is 1. The van der Waals surface area contributed by atoms with Gasteiger partial charge in [-0.15, -0.1) is 0 Å². The Hall–Kier alpha value is -2.73. The van der Waals surface area contributed by atoms with Crippen LogP contribution in [0.25, 0.3) is 0 Å². The largest absolute Gasteiger partial charge is 0.406 e. The third-order valence-electron chi connectivity index (χ3n) is 7.33. The first-order chi connectivity index (χ1) is 16.8. The van der Waals surface area contributed by atoms with E-state index < -0.39 is 8.32 Å². The SMILES string of the molecule is C[C@@H]1[C@@H](OCc2ccccc2)[C@H](CO[Si](c2ccccc2)(c2ccccc2)C(C)(C)C)C(=O)N1C. The summed E-state index contributed by atoms with van der Waals surface area (Å²) < 4.78 is 13.5. The predicted molar refractivity (Wildman–Crippen MR) is 144 cm³/mol. The van der Waals surface area contributed by atoms with Crippen molar-refractivity contribution in [2.75, 3.05) is 13.7 Å². The molecule has 184 valence electrons. The fourth-order valence-corrected chi connectivity index (χ4v) is 9.91. The lowest BCUT2D eigenvalue weighted by atomic mass is 10.0. The normalized spacial score (nSPS) is 20.9. The van der Waals surface area contributed by atoms with Crippen molar-refractivity contribution in [2.45, 2.75) is 51.5 Å². The maximum absolute atomic E-state index is 13.4. The van der Waals surface area contributed by atoms with Gasteiger partial charge < -0.3 is 14.1 Å². The fourth-order valence-electron chi connectivity index (χ4n) is 5.32. The Kier molecular flexibility index (Phi) is 7.60. The van der Waals surface area contributed by atoms with Crippen molar-refractivity contribution >= 4 is 24.6 Å². The van der Waals surface area contributed by atoms with E-state index in [1.54, 1.807) is 0 Å². The second-order valence-electron chi connectivity index (χ2n) is 10.5. The first kappa shape index (κ1) is 25.4.